The number of hydrogen-bond donors (Lipinski definition) is 1. The number of carbonyl (C=O) groups excluding carboxylic acids is 3. The molecule has 0 spiro atoms. The molecule has 8 heteroatoms. The van der Waals surface area contributed by atoms with Crippen molar-refractivity contribution in [1.29, 1.82) is 0 Å². The first-order valence-corrected chi connectivity index (χ1v) is 9.63. The monoisotopic (exact) mass is 426 g/mol. The number of nitrogens with one attached hydrogen (secondary N) is 1. The standard InChI is InChI=1S/C21H15ClN2O4S/c1-2-10-24-20(26)18(29-21(24)27)12-14-8-9-17(16(22)11-14)28-13-19(25)23-15-6-4-3-5-7-15/h1,3-9,11-12H,10,13H2,(H,23,25)/b18-12-. The molecule has 146 valence electrons. The van der Waals surface area contributed by atoms with Gasteiger partial charge in [-0.05, 0) is 47.7 Å². The summed E-state index contributed by atoms with van der Waals surface area (Å²) in [6.07, 6.45) is 6.73. The third-order valence-electron chi connectivity index (χ3n) is 3.79. The van der Waals surface area contributed by atoms with E-state index in [1.807, 2.05) is 18.2 Å². The highest BCUT2D eigenvalue weighted by atomic mass is 35.5. The highest BCUT2D eigenvalue weighted by Gasteiger charge is 2.34. The van der Waals surface area contributed by atoms with E-state index < -0.39 is 11.1 Å². The zero-order valence-electron chi connectivity index (χ0n) is 15.1. The zero-order valence-corrected chi connectivity index (χ0v) is 16.6. The van der Waals surface area contributed by atoms with Crippen LogP contribution in [-0.2, 0) is 9.59 Å². The number of imide groups is 1. The van der Waals surface area contributed by atoms with Gasteiger partial charge in [0, 0.05) is 5.69 Å². The Balaban J connectivity index is 1.63. The van der Waals surface area contributed by atoms with Crippen LogP contribution in [0.1, 0.15) is 5.56 Å². The number of amides is 3. The molecule has 3 amide bonds. The smallest absolute Gasteiger partial charge is 0.294 e. The minimum atomic E-state index is -0.438. The van der Waals surface area contributed by atoms with Gasteiger partial charge in [0.15, 0.2) is 6.61 Å². The molecule has 1 aliphatic rings. The lowest BCUT2D eigenvalue weighted by atomic mass is 10.2. The van der Waals surface area contributed by atoms with Crippen LogP contribution in [0, 0.1) is 12.3 Å². The molecule has 1 heterocycles. The van der Waals surface area contributed by atoms with E-state index in [2.05, 4.69) is 11.2 Å². The second-order valence-electron chi connectivity index (χ2n) is 5.86. The van der Waals surface area contributed by atoms with E-state index in [1.54, 1.807) is 36.4 Å². The predicted octanol–water partition coefficient (Wildman–Crippen LogP) is 4.03. The van der Waals surface area contributed by atoms with Gasteiger partial charge in [-0.1, -0.05) is 41.8 Å². The third-order valence-corrected chi connectivity index (χ3v) is 5.00. The Morgan fingerprint density at radius 3 is 2.69 bits per heavy atom. The van der Waals surface area contributed by atoms with E-state index >= 15 is 0 Å². The van der Waals surface area contributed by atoms with Crippen LogP contribution in [0.3, 0.4) is 0 Å². The molecule has 6 nitrogen and oxygen atoms in total. The molecule has 29 heavy (non-hydrogen) atoms. The predicted molar refractivity (Wildman–Crippen MR) is 114 cm³/mol. The zero-order chi connectivity index (χ0) is 20.8. The first kappa shape index (κ1) is 20.5. The van der Waals surface area contributed by atoms with Gasteiger partial charge in [-0.3, -0.25) is 19.3 Å². The number of hydrogen-bond acceptors (Lipinski definition) is 5. The molecule has 1 saturated heterocycles. The van der Waals surface area contributed by atoms with E-state index in [-0.39, 0.29) is 29.0 Å². The minimum Gasteiger partial charge on any atom is -0.482 e. The average Bonchev–Trinajstić information content (AvgIpc) is 2.96. The number of halogens is 1. The molecule has 2 aromatic rings. The molecule has 1 N–H and O–H groups in total. The molecule has 0 bridgehead atoms. The molecular weight excluding hydrogens is 412 g/mol. The van der Waals surface area contributed by atoms with Crippen molar-refractivity contribution < 1.29 is 19.1 Å². The molecular formula is C21H15ClN2O4S. The second-order valence-corrected chi connectivity index (χ2v) is 7.27. The van der Waals surface area contributed by atoms with Crippen molar-refractivity contribution in [3.8, 4) is 18.1 Å². The van der Waals surface area contributed by atoms with Gasteiger partial charge in [0.1, 0.15) is 5.75 Å². The van der Waals surface area contributed by atoms with Crippen molar-refractivity contribution >= 4 is 52.2 Å². The summed E-state index contributed by atoms with van der Waals surface area (Å²) >= 11 is 7.04. The molecule has 0 saturated carbocycles. The van der Waals surface area contributed by atoms with Crippen LogP contribution in [0.2, 0.25) is 5.02 Å². The Morgan fingerprint density at radius 1 is 1.24 bits per heavy atom. The second kappa shape index (κ2) is 9.32. The molecule has 1 aliphatic heterocycles. The van der Waals surface area contributed by atoms with Gasteiger partial charge in [0.2, 0.25) is 0 Å². The lowest BCUT2D eigenvalue weighted by molar-refractivity contribution is -0.122. The van der Waals surface area contributed by atoms with Crippen molar-refractivity contribution in [3.05, 3.63) is 64.0 Å². The highest BCUT2D eigenvalue weighted by Crippen LogP contribution is 2.33. The van der Waals surface area contributed by atoms with E-state index in [0.717, 1.165) is 16.7 Å². The fourth-order valence-electron chi connectivity index (χ4n) is 2.46. The average molecular weight is 427 g/mol. The molecule has 3 rings (SSSR count). The fraction of sp³-hybridized carbons (Fsp3) is 0.0952. The van der Waals surface area contributed by atoms with Crippen molar-refractivity contribution in [1.82, 2.24) is 4.90 Å². The molecule has 1 fully saturated rings. The number of terminal acetylenes is 1. The molecule has 2 aromatic carbocycles. The SMILES string of the molecule is C#CCN1C(=O)S/C(=C\c2ccc(OCC(=O)Nc3ccccc3)c(Cl)c2)C1=O. The van der Waals surface area contributed by atoms with Gasteiger partial charge < -0.3 is 10.1 Å². The molecule has 0 aliphatic carbocycles. The van der Waals surface area contributed by atoms with Gasteiger partial charge in [-0.15, -0.1) is 6.42 Å². The summed E-state index contributed by atoms with van der Waals surface area (Å²) in [4.78, 5) is 37.3. The number of carbonyl (C=O) groups is 3. The van der Waals surface area contributed by atoms with Crippen molar-refractivity contribution in [3.63, 3.8) is 0 Å². The number of anilines is 1. The van der Waals surface area contributed by atoms with E-state index in [4.69, 9.17) is 22.8 Å². The Morgan fingerprint density at radius 2 is 2.00 bits per heavy atom. The van der Waals surface area contributed by atoms with Crippen molar-refractivity contribution in [2.75, 3.05) is 18.5 Å². The van der Waals surface area contributed by atoms with Crippen LogP contribution in [0.4, 0.5) is 10.5 Å². The topological polar surface area (TPSA) is 75.7 Å². The summed E-state index contributed by atoms with van der Waals surface area (Å²) < 4.78 is 5.46. The Labute approximate surface area is 176 Å². The first-order valence-electron chi connectivity index (χ1n) is 8.44. The molecule has 0 aromatic heterocycles. The summed E-state index contributed by atoms with van der Waals surface area (Å²) in [5.41, 5.74) is 1.28. The van der Waals surface area contributed by atoms with Gasteiger partial charge in [0.05, 0.1) is 16.5 Å². The van der Waals surface area contributed by atoms with Crippen LogP contribution in [0.25, 0.3) is 6.08 Å². The Bertz CT molecular complexity index is 1030. The largest absolute Gasteiger partial charge is 0.482 e. The van der Waals surface area contributed by atoms with Crippen LogP contribution in [-0.4, -0.2) is 35.1 Å². The molecule has 0 unspecified atom stereocenters. The van der Waals surface area contributed by atoms with Crippen LogP contribution < -0.4 is 10.1 Å². The minimum absolute atomic E-state index is 0.0689. The van der Waals surface area contributed by atoms with Gasteiger partial charge >= 0.3 is 0 Å². The highest BCUT2D eigenvalue weighted by molar-refractivity contribution is 8.18. The lowest BCUT2D eigenvalue weighted by Gasteiger charge is -2.09. The summed E-state index contributed by atoms with van der Waals surface area (Å²) in [6, 6.07) is 13.9. The van der Waals surface area contributed by atoms with Crippen LogP contribution in [0.5, 0.6) is 5.75 Å². The van der Waals surface area contributed by atoms with Crippen molar-refractivity contribution in [2.24, 2.45) is 0 Å². The van der Waals surface area contributed by atoms with E-state index in [9.17, 15) is 14.4 Å². The number of para-hydroxylation sites is 1. The summed E-state index contributed by atoms with van der Waals surface area (Å²) in [5.74, 6) is 1.85. The number of ether oxygens (including phenoxy) is 1. The number of nitrogens with zero attached hydrogens (tertiary/aromatic N) is 1. The number of thioether (sulfide) groups is 1. The maximum Gasteiger partial charge on any atom is 0.294 e. The van der Waals surface area contributed by atoms with Gasteiger partial charge in [-0.2, -0.15) is 0 Å². The van der Waals surface area contributed by atoms with E-state index in [1.165, 1.54) is 0 Å². The normalized spacial score (nSPS) is 14.8. The summed E-state index contributed by atoms with van der Waals surface area (Å²) in [5, 5.41) is 2.57. The quantitative estimate of drug-likeness (QED) is 0.557. The maximum absolute atomic E-state index is 12.2. The number of rotatable bonds is 6. The van der Waals surface area contributed by atoms with Gasteiger partial charge in [0.25, 0.3) is 17.1 Å². The Kier molecular flexibility index (Phi) is 6.60. The van der Waals surface area contributed by atoms with Crippen LogP contribution >= 0.6 is 23.4 Å². The summed E-state index contributed by atoms with van der Waals surface area (Å²) in [7, 11) is 0. The molecule has 0 radical (unpaired) electrons. The number of benzene rings is 2. The van der Waals surface area contributed by atoms with E-state index in [0.29, 0.717) is 17.0 Å². The van der Waals surface area contributed by atoms with Crippen LogP contribution in [0.15, 0.2) is 53.4 Å². The third kappa shape index (κ3) is 5.19. The lowest BCUT2D eigenvalue weighted by Crippen LogP contribution is -2.28. The fourth-order valence-corrected chi connectivity index (χ4v) is 3.55. The summed E-state index contributed by atoms with van der Waals surface area (Å²) in [6.45, 7) is -0.278. The maximum atomic E-state index is 12.2. The van der Waals surface area contributed by atoms with Crippen molar-refractivity contribution in [2.45, 2.75) is 0 Å². The van der Waals surface area contributed by atoms with Gasteiger partial charge in [-0.25, -0.2) is 0 Å². The Hall–Kier alpha value is -3.21. The molecule has 0 atom stereocenters. The first-order chi connectivity index (χ1) is 14.0.